The van der Waals surface area contributed by atoms with Crippen LogP contribution in [0.2, 0.25) is 0 Å². The molecule has 29 heavy (non-hydrogen) atoms. The number of aliphatic hydroxyl groups is 1. The summed E-state index contributed by atoms with van der Waals surface area (Å²) in [6, 6.07) is -0.289. The first-order valence-corrected chi connectivity index (χ1v) is 11.2. The van der Waals surface area contributed by atoms with Crippen molar-refractivity contribution in [1.29, 1.82) is 0 Å². The standard InChI is InChI=1S/C17H27F3N2O6S/c1-21(29(25,26)13-3-2-4-13)12-9-16(27-11-12)5-7-22(8-6-16)15(24)28-14(10-23)17(18,19)20/h12-14,23H,2-11H2,1H3. The van der Waals surface area contributed by atoms with Crippen molar-refractivity contribution in [2.45, 2.75) is 67.7 Å². The predicted octanol–water partition coefficient (Wildman–Crippen LogP) is 1.48. The summed E-state index contributed by atoms with van der Waals surface area (Å²) in [4.78, 5) is 13.2. The van der Waals surface area contributed by atoms with Crippen LogP contribution in [0.1, 0.15) is 38.5 Å². The first-order chi connectivity index (χ1) is 13.5. The lowest BCUT2D eigenvalue weighted by Crippen LogP contribution is -2.49. The van der Waals surface area contributed by atoms with Crippen LogP contribution in [-0.2, 0) is 19.5 Å². The normalized spacial score (nSPS) is 26.6. The van der Waals surface area contributed by atoms with Gasteiger partial charge in [-0.05, 0) is 32.1 Å². The number of aliphatic hydroxyl groups excluding tert-OH is 1. The molecule has 1 N–H and O–H groups in total. The average Bonchev–Trinajstić information content (AvgIpc) is 3.00. The fourth-order valence-corrected chi connectivity index (χ4v) is 5.96. The summed E-state index contributed by atoms with van der Waals surface area (Å²) < 4.78 is 74.9. The second-order valence-electron chi connectivity index (χ2n) is 8.05. The molecule has 1 amide bonds. The Morgan fingerprint density at radius 1 is 1.34 bits per heavy atom. The van der Waals surface area contributed by atoms with Gasteiger partial charge in [0.05, 0.1) is 30.1 Å². The molecule has 0 radical (unpaired) electrons. The van der Waals surface area contributed by atoms with Gasteiger partial charge in [0, 0.05) is 20.1 Å². The molecule has 1 aliphatic carbocycles. The minimum atomic E-state index is -4.83. The fourth-order valence-electron chi connectivity index (χ4n) is 4.01. The number of hydrogen-bond acceptors (Lipinski definition) is 6. The largest absolute Gasteiger partial charge is 0.434 e. The van der Waals surface area contributed by atoms with Crippen molar-refractivity contribution in [2.75, 3.05) is 33.4 Å². The molecule has 2 saturated heterocycles. The second kappa shape index (κ2) is 8.20. The van der Waals surface area contributed by atoms with Gasteiger partial charge < -0.3 is 19.5 Å². The molecule has 12 heteroatoms. The molecule has 8 nitrogen and oxygen atoms in total. The number of alkyl halides is 3. The van der Waals surface area contributed by atoms with Gasteiger partial charge in [-0.15, -0.1) is 0 Å². The molecule has 0 aromatic rings. The molecule has 2 atom stereocenters. The van der Waals surface area contributed by atoms with E-state index in [1.54, 1.807) is 7.05 Å². The van der Waals surface area contributed by atoms with Crippen molar-refractivity contribution in [3.63, 3.8) is 0 Å². The third kappa shape index (κ3) is 4.64. The monoisotopic (exact) mass is 444 g/mol. The van der Waals surface area contributed by atoms with E-state index >= 15 is 0 Å². The van der Waals surface area contributed by atoms with E-state index in [0.29, 0.717) is 32.1 Å². The molecular weight excluding hydrogens is 417 g/mol. The van der Waals surface area contributed by atoms with Crippen LogP contribution >= 0.6 is 0 Å². The summed E-state index contributed by atoms with van der Waals surface area (Å²) in [5, 5.41) is 8.47. The predicted molar refractivity (Wildman–Crippen MR) is 95.6 cm³/mol. The molecule has 1 saturated carbocycles. The first kappa shape index (κ1) is 22.6. The van der Waals surface area contributed by atoms with E-state index in [1.165, 1.54) is 4.31 Å². The number of hydrogen-bond donors (Lipinski definition) is 1. The molecule has 3 fully saturated rings. The van der Waals surface area contributed by atoms with Gasteiger partial charge in [0.25, 0.3) is 0 Å². The van der Waals surface area contributed by atoms with Crippen molar-refractivity contribution in [3.8, 4) is 0 Å². The Hall–Kier alpha value is -1.11. The molecule has 0 bridgehead atoms. The highest BCUT2D eigenvalue weighted by Crippen LogP contribution is 2.39. The maximum Gasteiger partial charge on any atom is 0.427 e. The van der Waals surface area contributed by atoms with Crippen molar-refractivity contribution >= 4 is 16.1 Å². The van der Waals surface area contributed by atoms with Crippen molar-refractivity contribution in [1.82, 2.24) is 9.21 Å². The minimum Gasteiger partial charge on any atom is -0.434 e. The molecule has 2 aliphatic heterocycles. The highest BCUT2D eigenvalue weighted by atomic mass is 32.2. The van der Waals surface area contributed by atoms with Gasteiger partial charge in [-0.2, -0.15) is 17.5 Å². The van der Waals surface area contributed by atoms with E-state index < -0.39 is 40.6 Å². The van der Waals surface area contributed by atoms with Crippen LogP contribution in [0.5, 0.6) is 0 Å². The van der Waals surface area contributed by atoms with Crippen LogP contribution in [0.15, 0.2) is 0 Å². The summed E-state index contributed by atoms with van der Waals surface area (Å²) in [7, 11) is -1.79. The average molecular weight is 444 g/mol. The molecule has 2 unspecified atom stereocenters. The highest BCUT2D eigenvalue weighted by molar-refractivity contribution is 7.89. The molecule has 0 aromatic carbocycles. The van der Waals surface area contributed by atoms with Crippen LogP contribution in [0.4, 0.5) is 18.0 Å². The molecular formula is C17H27F3N2O6S. The number of piperidine rings is 1. The Bertz CT molecular complexity index is 704. The molecule has 3 aliphatic rings. The molecule has 1 spiro atoms. The molecule has 168 valence electrons. The number of amides is 1. The number of carbonyl (C=O) groups excluding carboxylic acids is 1. The van der Waals surface area contributed by atoms with E-state index in [4.69, 9.17) is 9.84 Å². The topological polar surface area (TPSA) is 96.4 Å². The third-order valence-electron chi connectivity index (χ3n) is 6.29. The summed E-state index contributed by atoms with van der Waals surface area (Å²) in [5.41, 5.74) is -0.592. The maximum absolute atomic E-state index is 12.7. The number of nitrogens with zero attached hydrogens (tertiary/aromatic N) is 2. The third-order valence-corrected chi connectivity index (χ3v) is 8.70. The Labute approximate surface area is 168 Å². The lowest BCUT2D eigenvalue weighted by molar-refractivity contribution is -0.215. The fraction of sp³-hybridized carbons (Fsp3) is 0.941. The number of likely N-dealkylation sites (tertiary alicyclic amines) is 1. The van der Waals surface area contributed by atoms with Gasteiger partial charge in [-0.25, -0.2) is 13.2 Å². The number of halogens is 3. The molecule has 3 rings (SSSR count). The number of ether oxygens (including phenoxy) is 2. The number of carbonyl (C=O) groups is 1. The quantitative estimate of drug-likeness (QED) is 0.690. The van der Waals surface area contributed by atoms with E-state index in [-0.39, 0.29) is 31.0 Å². The summed E-state index contributed by atoms with van der Waals surface area (Å²) in [5.74, 6) is 0. The first-order valence-electron chi connectivity index (χ1n) is 9.72. The van der Waals surface area contributed by atoms with Crippen molar-refractivity contribution < 1.29 is 41.0 Å². The summed E-state index contributed by atoms with van der Waals surface area (Å²) in [6.45, 7) is -0.797. The van der Waals surface area contributed by atoms with E-state index in [9.17, 15) is 26.4 Å². The maximum atomic E-state index is 12.7. The van der Waals surface area contributed by atoms with Gasteiger partial charge in [0.1, 0.15) is 0 Å². The van der Waals surface area contributed by atoms with Gasteiger partial charge in [0.2, 0.25) is 16.1 Å². The Morgan fingerprint density at radius 3 is 2.45 bits per heavy atom. The van der Waals surface area contributed by atoms with Crippen LogP contribution in [0.25, 0.3) is 0 Å². The zero-order chi connectivity index (χ0) is 21.4. The Balaban J connectivity index is 1.53. The summed E-state index contributed by atoms with van der Waals surface area (Å²) >= 11 is 0. The van der Waals surface area contributed by atoms with Gasteiger partial charge >= 0.3 is 12.3 Å². The number of likely N-dealkylation sites (N-methyl/N-ethyl adjacent to an activating group) is 1. The Morgan fingerprint density at radius 2 is 1.97 bits per heavy atom. The number of rotatable bonds is 5. The summed E-state index contributed by atoms with van der Waals surface area (Å²) in [6.07, 6.45) is -5.00. The van der Waals surface area contributed by atoms with E-state index in [2.05, 4.69) is 4.74 Å². The smallest absolute Gasteiger partial charge is 0.427 e. The van der Waals surface area contributed by atoms with Crippen LogP contribution in [0.3, 0.4) is 0 Å². The number of sulfonamides is 1. The van der Waals surface area contributed by atoms with Crippen molar-refractivity contribution in [2.24, 2.45) is 0 Å². The van der Waals surface area contributed by atoms with Gasteiger partial charge in [-0.3, -0.25) is 0 Å². The molecule has 2 heterocycles. The Kier molecular flexibility index (Phi) is 6.38. The van der Waals surface area contributed by atoms with Gasteiger partial charge in [-0.1, -0.05) is 6.42 Å². The zero-order valence-corrected chi connectivity index (χ0v) is 17.0. The SMILES string of the molecule is CN(C1COC2(CCN(C(=O)OC(CO)C(F)(F)F)CC2)C1)S(=O)(=O)C1CCC1. The lowest BCUT2D eigenvalue weighted by Gasteiger charge is -2.39. The van der Waals surface area contributed by atoms with Crippen LogP contribution < -0.4 is 0 Å². The van der Waals surface area contributed by atoms with Crippen LogP contribution in [-0.4, -0.2) is 91.3 Å². The van der Waals surface area contributed by atoms with Gasteiger partial charge in [0.15, 0.2) is 0 Å². The van der Waals surface area contributed by atoms with Crippen molar-refractivity contribution in [3.05, 3.63) is 0 Å². The van der Waals surface area contributed by atoms with Crippen LogP contribution in [0, 0.1) is 0 Å². The van der Waals surface area contributed by atoms with E-state index in [0.717, 1.165) is 11.3 Å². The molecule has 0 aromatic heterocycles. The highest BCUT2D eigenvalue weighted by Gasteiger charge is 2.49. The minimum absolute atomic E-state index is 0.140. The second-order valence-corrected chi connectivity index (χ2v) is 10.3. The van der Waals surface area contributed by atoms with E-state index in [1.807, 2.05) is 0 Å². The zero-order valence-electron chi connectivity index (χ0n) is 16.2. The lowest BCUT2D eigenvalue weighted by atomic mass is 9.87.